The van der Waals surface area contributed by atoms with Crippen LogP contribution in [0.5, 0.6) is 0 Å². The second-order valence-corrected chi connectivity index (χ2v) is 4.23. The molecule has 0 radical (unpaired) electrons. The number of anilines is 3. The van der Waals surface area contributed by atoms with E-state index in [0.717, 1.165) is 6.07 Å². The minimum atomic E-state index is -0.668. The number of halogens is 2. The molecule has 6 heteroatoms. The summed E-state index contributed by atoms with van der Waals surface area (Å²) in [4.78, 5) is 8.16. The zero-order chi connectivity index (χ0) is 14.1. The molecule has 0 aliphatic heterocycles. The molecule has 0 saturated carbocycles. The predicted molar refractivity (Wildman–Crippen MR) is 73.6 cm³/mol. The zero-order valence-corrected chi connectivity index (χ0v) is 10.3. The van der Waals surface area contributed by atoms with Crippen LogP contribution in [-0.2, 0) is 0 Å². The van der Waals surface area contributed by atoms with E-state index in [1.165, 1.54) is 12.1 Å². The maximum atomic E-state index is 13.2. The van der Waals surface area contributed by atoms with Crippen molar-refractivity contribution in [1.82, 2.24) is 9.97 Å². The molecule has 0 saturated heterocycles. The summed E-state index contributed by atoms with van der Waals surface area (Å²) in [5.74, 6) is -0.848. The van der Waals surface area contributed by atoms with Gasteiger partial charge in [0.25, 0.3) is 0 Å². The number of aromatic nitrogens is 2. The second kappa shape index (κ2) is 4.73. The van der Waals surface area contributed by atoms with Crippen molar-refractivity contribution in [2.24, 2.45) is 0 Å². The van der Waals surface area contributed by atoms with Crippen LogP contribution in [0.1, 0.15) is 0 Å². The number of hydrogen-bond donors (Lipinski definition) is 2. The van der Waals surface area contributed by atoms with E-state index in [1.54, 1.807) is 12.1 Å². The highest BCUT2D eigenvalue weighted by Crippen LogP contribution is 2.25. The molecule has 0 unspecified atom stereocenters. The molecule has 1 heterocycles. The fourth-order valence-electron chi connectivity index (χ4n) is 1.95. The summed E-state index contributed by atoms with van der Waals surface area (Å²) in [6.45, 7) is 0. The summed E-state index contributed by atoms with van der Waals surface area (Å²) in [6.07, 6.45) is 0. The van der Waals surface area contributed by atoms with Gasteiger partial charge in [0, 0.05) is 17.1 Å². The summed E-state index contributed by atoms with van der Waals surface area (Å²) in [6, 6.07) is 10.4. The lowest BCUT2D eigenvalue weighted by molar-refractivity contribution is 0.584. The number of fused-ring (bicyclic) bond motifs is 1. The van der Waals surface area contributed by atoms with Gasteiger partial charge in [0.2, 0.25) is 5.95 Å². The predicted octanol–water partition coefficient (Wildman–Crippen LogP) is 3.23. The average molecular weight is 272 g/mol. The van der Waals surface area contributed by atoms with Crippen LogP contribution in [0.2, 0.25) is 0 Å². The van der Waals surface area contributed by atoms with Crippen molar-refractivity contribution in [3.63, 3.8) is 0 Å². The van der Waals surface area contributed by atoms with Crippen LogP contribution >= 0.6 is 0 Å². The number of hydrogen-bond acceptors (Lipinski definition) is 4. The van der Waals surface area contributed by atoms with Crippen LogP contribution in [0, 0.1) is 11.6 Å². The molecular weight excluding hydrogens is 262 g/mol. The zero-order valence-electron chi connectivity index (χ0n) is 10.3. The van der Waals surface area contributed by atoms with Crippen LogP contribution in [0.4, 0.5) is 26.2 Å². The van der Waals surface area contributed by atoms with E-state index in [9.17, 15) is 8.78 Å². The Balaban J connectivity index is 2.10. The normalized spacial score (nSPS) is 10.7. The molecule has 0 bridgehead atoms. The third kappa shape index (κ3) is 2.35. The molecule has 0 fully saturated rings. The van der Waals surface area contributed by atoms with Crippen molar-refractivity contribution in [1.29, 1.82) is 0 Å². The minimum absolute atomic E-state index is 0.0862. The maximum Gasteiger partial charge on any atom is 0.222 e. The molecule has 2 aromatic carbocycles. The fourth-order valence-corrected chi connectivity index (χ4v) is 1.95. The first-order valence-electron chi connectivity index (χ1n) is 5.87. The van der Waals surface area contributed by atoms with Crippen LogP contribution in [0.25, 0.3) is 10.9 Å². The van der Waals surface area contributed by atoms with E-state index in [1.807, 2.05) is 12.1 Å². The monoisotopic (exact) mass is 272 g/mol. The Hall–Kier alpha value is -2.76. The largest absolute Gasteiger partial charge is 0.368 e. The van der Waals surface area contributed by atoms with Crippen molar-refractivity contribution in [3.05, 3.63) is 54.1 Å². The summed E-state index contributed by atoms with van der Waals surface area (Å²) in [5.41, 5.74) is 6.54. The lowest BCUT2D eigenvalue weighted by Gasteiger charge is -2.09. The minimum Gasteiger partial charge on any atom is -0.368 e. The third-order valence-electron chi connectivity index (χ3n) is 2.75. The molecular formula is C14H10F2N4. The number of nitrogens with two attached hydrogens (primary N) is 1. The molecule has 0 spiro atoms. The van der Waals surface area contributed by atoms with Gasteiger partial charge in [-0.25, -0.2) is 13.8 Å². The Morgan fingerprint density at radius 2 is 1.65 bits per heavy atom. The van der Waals surface area contributed by atoms with Gasteiger partial charge in [0.05, 0.1) is 5.52 Å². The molecule has 3 rings (SSSR count). The van der Waals surface area contributed by atoms with Crippen molar-refractivity contribution in [2.45, 2.75) is 0 Å². The number of nitrogens with zero attached hydrogens (tertiary/aromatic N) is 2. The number of para-hydroxylation sites is 1. The molecule has 3 N–H and O–H groups in total. The first kappa shape index (κ1) is 12.3. The van der Waals surface area contributed by atoms with E-state index in [2.05, 4.69) is 15.3 Å². The summed E-state index contributed by atoms with van der Waals surface area (Å²) >= 11 is 0. The standard InChI is InChI=1S/C14H10F2N4/c15-8-5-9(16)7-10(6-8)18-13-11-3-1-2-4-12(11)19-14(17)20-13/h1-7H,(H3,17,18,19,20). The van der Waals surface area contributed by atoms with Gasteiger partial charge in [-0.1, -0.05) is 12.1 Å². The van der Waals surface area contributed by atoms with E-state index in [0.29, 0.717) is 16.7 Å². The highest BCUT2D eigenvalue weighted by Gasteiger charge is 2.07. The Morgan fingerprint density at radius 3 is 2.40 bits per heavy atom. The molecule has 3 aromatic rings. The molecule has 20 heavy (non-hydrogen) atoms. The number of benzene rings is 2. The average Bonchev–Trinajstić information content (AvgIpc) is 2.37. The Bertz CT molecular complexity index is 769. The molecule has 0 aliphatic rings. The molecule has 1 aromatic heterocycles. The van der Waals surface area contributed by atoms with Crippen LogP contribution in [-0.4, -0.2) is 9.97 Å². The molecule has 0 aliphatic carbocycles. The van der Waals surface area contributed by atoms with Crippen LogP contribution in [0.15, 0.2) is 42.5 Å². The Kier molecular flexibility index (Phi) is 2.90. The maximum absolute atomic E-state index is 13.2. The molecule has 0 atom stereocenters. The highest BCUT2D eigenvalue weighted by molar-refractivity contribution is 5.91. The Morgan fingerprint density at radius 1 is 0.950 bits per heavy atom. The lowest BCUT2D eigenvalue weighted by atomic mass is 10.2. The van der Waals surface area contributed by atoms with Crippen molar-refractivity contribution >= 4 is 28.4 Å². The van der Waals surface area contributed by atoms with Gasteiger partial charge in [-0.05, 0) is 24.3 Å². The van der Waals surface area contributed by atoms with Gasteiger partial charge in [0.1, 0.15) is 17.5 Å². The van der Waals surface area contributed by atoms with Crippen LogP contribution < -0.4 is 11.1 Å². The Labute approximate surface area is 113 Å². The molecule has 0 amide bonds. The van der Waals surface area contributed by atoms with Crippen LogP contribution in [0.3, 0.4) is 0 Å². The summed E-state index contributed by atoms with van der Waals surface area (Å²) in [7, 11) is 0. The van der Waals surface area contributed by atoms with E-state index in [-0.39, 0.29) is 11.6 Å². The van der Waals surface area contributed by atoms with E-state index >= 15 is 0 Å². The van der Waals surface area contributed by atoms with Gasteiger partial charge in [-0.15, -0.1) is 0 Å². The van der Waals surface area contributed by atoms with E-state index in [4.69, 9.17) is 5.73 Å². The van der Waals surface area contributed by atoms with Gasteiger partial charge >= 0.3 is 0 Å². The number of nitrogen functional groups attached to an aromatic ring is 1. The second-order valence-electron chi connectivity index (χ2n) is 4.23. The fraction of sp³-hybridized carbons (Fsp3) is 0. The van der Waals surface area contributed by atoms with E-state index < -0.39 is 11.6 Å². The van der Waals surface area contributed by atoms with Gasteiger partial charge in [-0.2, -0.15) is 4.98 Å². The quantitative estimate of drug-likeness (QED) is 0.751. The SMILES string of the molecule is Nc1nc(Nc2cc(F)cc(F)c2)c2ccccc2n1. The van der Waals surface area contributed by atoms with Crippen molar-refractivity contribution < 1.29 is 8.78 Å². The van der Waals surface area contributed by atoms with Gasteiger partial charge in [-0.3, -0.25) is 0 Å². The molecule has 4 nitrogen and oxygen atoms in total. The topological polar surface area (TPSA) is 63.8 Å². The summed E-state index contributed by atoms with van der Waals surface area (Å²) in [5, 5.41) is 3.57. The number of nitrogens with one attached hydrogen (secondary N) is 1. The molecule has 100 valence electrons. The number of rotatable bonds is 2. The van der Waals surface area contributed by atoms with Crippen molar-refractivity contribution in [3.8, 4) is 0 Å². The van der Waals surface area contributed by atoms with Gasteiger partial charge in [0.15, 0.2) is 0 Å². The smallest absolute Gasteiger partial charge is 0.222 e. The summed E-state index contributed by atoms with van der Waals surface area (Å²) < 4.78 is 26.4. The first-order valence-corrected chi connectivity index (χ1v) is 5.87. The van der Waals surface area contributed by atoms with Crippen molar-refractivity contribution in [2.75, 3.05) is 11.1 Å². The lowest BCUT2D eigenvalue weighted by Crippen LogP contribution is -2.01. The third-order valence-corrected chi connectivity index (χ3v) is 2.75. The first-order chi connectivity index (χ1) is 9.61. The van der Waals surface area contributed by atoms with Gasteiger partial charge < -0.3 is 11.1 Å². The highest BCUT2D eigenvalue weighted by atomic mass is 19.1.